The molecule has 0 amide bonds. The van der Waals surface area contributed by atoms with Gasteiger partial charge in [0, 0.05) is 5.41 Å². The number of aliphatic hydroxyl groups excluding tert-OH is 2. The van der Waals surface area contributed by atoms with Crippen LogP contribution < -0.4 is 5.73 Å². The molecule has 0 spiro atoms. The van der Waals surface area contributed by atoms with Crippen LogP contribution >= 0.6 is 19.2 Å². The maximum Gasteiger partial charge on any atom is 0.330 e. The number of anilines is 1. The van der Waals surface area contributed by atoms with Gasteiger partial charge in [-0.25, -0.2) is 4.98 Å². The zero-order valence-corrected chi connectivity index (χ0v) is 17.9. The monoisotopic (exact) mass is 445 g/mol. The summed E-state index contributed by atoms with van der Waals surface area (Å²) < 4.78 is 25.3. The first-order valence-electron chi connectivity index (χ1n) is 9.66. The third kappa shape index (κ3) is 3.36. The van der Waals surface area contributed by atoms with Crippen LogP contribution in [0.4, 0.5) is 5.82 Å². The van der Waals surface area contributed by atoms with Crippen molar-refractivity contribution in [3.63, 3.8) is 0 Å². The molecule has 2 heterocycles. The molecule has 0 saturated heterocycles. The molecule has 10 nitrogen and oxygen atoms in total. The lowest BCUT2D eigenvalue weighted by Gasteiger charge is -2.25. The van der Waals surface area contributed by atoms with Crippen molar-refractivity contribution in [1.29, 1.82) is 0 Å². The number of halogens is 1. The zero-order valence-electron chi connectivity index (χ0n) is 16.2. The van der Waals surface area contributed by atoms with Gasteiger partial charge in [0.25, 0.3) is 0 Å². The number of rotatable bonds is 8. The fraction of sp³-hybridized carbons (Fsp3) is 0.706. The van der Waals surface area contributed by atoms with Gasteiger partial charge in [0.1, 0.15) is 11.6 Å². The number of aromatic nitrogens is 4. The predicted octanol–water partition coefficient (Wildman–Crippen LogP) is 2.00. The lowest BCUT2D eigenvalue weighted by molar-refractivity contribution is -0.0184. The molecule has 4 N–H and O–H groups in total. The first-order valence-corrected chi connectivity index (χ1v) is 11.8. The van der Waals surface area contributed by atoms with Gasteiger partial charge in [-0.3, -0.25) is 4.57 Å². The molecule has 1 unspecified atom stereocenters. The Hall–Kier alpha value is -1.29. The van der Waals surface area contributed by atoms with Gasteiger partial charge in [-0.2, -0.15) is 9.97 Å². The van der Waals surface area contributed by atoms with E-state index in [4.69, 9.17) is 26.4 Å². The second kappa shape index (κ2) is 7.44. The molecule has 0 aromatic carbocycles. The van der Waals surface area contributed by atoms with Gasteiger partial charge < -0.3 is 29.6 Å². The van der Waals surface area contributed by atoms with Gasteiger partial charge in [0.2, 0.25) is 5.28 Å². The van der Waals surface area contributed by atoms with Crippen LogP contribution in [0.2, 0.25) is 5.28 Å². The van der Waals surface area contributed by atoms with Crippen molar-refractivity contribution < 1.29 is 23.8 Å². The molecule has 12 heteroatoms. The maximum absolute atomic E-state index is 12.8. The average molecular weight is 446 g/mol. The highest BCUT2D eigenvalue weighted by molar-refractivity contribution is 7.53. The van der Waals surface area contributed by atoms with Crippen molar-refractivity contribution in [1.82, 2.24) is 19.5 Å². The van der Waals surface area contributed by atoms with Crippen LogP contribution in [0, 0.1) is 11.3 Å². The molecule has 2 aliphatic carbocycles. The van der Waals surface area contributed by atoms with E-state index in [0.29, 0.717) is 24.0 Å². The molecule has 0 radical (unpaired) electrons. The molecular formula is C17H25ClN5O5P. The second-order valence-electron chi connectivity index (χ2n) is 7.59. The molecule has 2 aliphatic rings. The summed E-state index contributed by atoms with van der Waals surface area (Å²) in [6, 6.07) is -0.445. The van der Waals surface area contributed by atoms with Crippen molar-refractivity contribution in [2.45, 2.75) is 44.9 Å². The number of hydrogen-bond donors (Lipinski definition) is 3. The van der Waals surface area contributed by atoms with Gasteiger partial charge in [-0.15, -0.1) is 0 Å². The molecular weight excluding hydrogens is 421 g/mol. The van der Waals surface area contributed by atoms with Gasteiger partial charge in [-0.05, 0) is 44.2 Å². The topological polar surface area (TPSA) is 146 Å². The Morgan fingerprint density at radius 2 is 2.03 bits per heavy atom. The lowest BCUT2D eigenvalue weighted by Crippen LogP contribution is -2.34. The van der Waals surface area contributed by atoms with E-state index in [9.17, 15) is 14.8 Å². The Kier molecular flexibility index (Phi) is 5.38. The summed E-state index contributed by atoms with van der Waals surface area (Å²) in [6.07, 6.45) is 0.830. The molecule has 4 rings (SSSR count). The number of nitrogens with zero attached hydrogens (tertiary/aromatic N) is 4. The van der Waals surface area contributed by atoms with E-state index < -0.39 is 31.3 Å². The highest BCUT2D eigenvalue weighted by Crippen LogP contribution is 2.71. The Labute approximate surface area is 172 Å². The molecule has 160 valence electrons. The number of fused-ring (bicyclic) bond motifs is 2. The highest BCUT2D eigenvalue weighted by Gasteiger charge is 2.71. The zero-order chi connectivity index (χ0) is 21.0. The molecule has 29 heavy (non-hydrogen) atoms. The van der Waals surface area contributed by atoms with E-state index in [-0.39, 0.29) is 36.4 Å². The minimum Gasteiger partial charge on any atom is -0.390 e. The summed E-state index contributed by atoms with van der Waals surface area (Å²) in [5, 5.41) is 21.6. The van der Waals surface area contributed by atoms with Crippen molar-refractivity contribution >= 4 is 36.2 Å². The van der Waals surface area contributed by atoms with Gasteiger partial charge in [0.15, 0.2) is 11.5 Å². The minimum atomic E-state index is -3.23. The molecule has 2 fully saturated rings. The maximum atomic E-state index is 12.8. The smallest absolute Gasteiger partial charge is 0.330 e. The fourth-order valence-electron chi connectivity index (χ4n) is 4.74. The summed E-state index contributed by atoms with van der Waals surface area (Å²) >= 11 is 5.94. The van der Waals surface area contributed by atoms with Crippen molar-refractivity contribution in [2.24, 2.45) is 11.3 Å². The molecule has 2 aromatic heterocycles. The summed E-state index contributed by atoms with van der Waals surface area (Å²) in [5.74, 6) is 0.125. The molecule has 2 aromatic rings. The van der Waals surface area contributed by atoms with Crippen molar-refractivity contribution in [3.05, 3.63) is 11.6 Å². The van der Waals surface area contributed by atoms with E-state index in [1.807, 2.05) is 0 Å². The van der Waals surface area contributed by atoms with Crippen LogP contribution in [0.1, 0.15) is 32.7 Å². The minimum absolute atomic E-state index is 0.0128. The second-order valence-corrected chi connectivity index (χ2v) is 10.1. The van der Waals surface area contributed by atoms with Crippen LogP contribution in [0.25, 0.3) is 11.2 Å². The average Bonchev–Trinajstić information content (AvgIpc) is 3.16. The number of hydrogen-bond acceptors (Lipinski definition) is 9. The highest BCUT2D eigenvalue weighted by atomic mass is 35.5. The van der Waals surface area contributed by atoms with E-state index in [1.54, 1.807) is 18.4 Å². The fourth-order valence-corrected chi connectivity index (χ4v) is 6.72. The Morgan fingerprint density at radius 1 is 1.34 bits per heavy atom. The van der Waals surface area contributed by atoms with Crippen LogP contribution in [0.15, 0.2) is 6.33 Å². The Morgan fingerprint density at radius 3 is 2.69 bits per heavy atom. The third-order valence-electron chi connectivity index (χ3n) is 6.10. The van der Waals surface area contributed by atoms with Gasteiger partial charge >= 0.3 is 7.60 Å². The Bertz CT molecular complexity index is 963. The molecule has 5 atom stereocenters. The summed E-state index contributed by atoms with van der Waals surface area (Å²) in [4.78, 5) is 12.4. The number of nitrogens with two attached hydrogens (primary N) is 1. The van der Waals surface area contributed by atoms with Crippen LogP contribution in [0.5, 0.6) is 0 Å². The number of imidazole rings is 1. The van der Waals surface area contributed by atoms with E-state index in [0.717, 1.165) is 0 Å². The lowest BCUT2D eigenvalue weighted by atomic mass is 9.96. The van der Waals surface area contributed by atoms with E-state index >= 15 is 0 Å². The largest absolute Gasteiger partial charge is 0.390 e. The Balaban J connectivity index is 1.60. The van der Waals surface area contributed by atoms with Crippen LogP contribution in [-0.2, 0) is 13.6 Å². The van der Waals surface area contributed by atoms with Crippen LogP contribution in [0.3, 0.4) is 0 Å². The van der Waals surface area contributed by atoms with E-state index in [2.05, 4.69) is 15.0 Å². The quantitative estimate of drug-likeness (QED) is 0.410. The molecule has 0 aliphatic heterocycles. The normalized spacial score (nSPS) is 31.3. The van der Waals surface area contributed by atoms with Gasteiger partial charge in [-0.1, -0.05) is 0 Å². The first-order chi connectivity index (χ1) is 13.8. The first kappa shape index (κ1) is 21.0. The standard InChI is InChI=1S/C17H25ClN5O5P/c1-3-27-29(26,28-4-2)6-5-17-7-9(17)11(12(24)13(17)25)23-8-20-10-14(19)21-16(18)22-15(10)23/h8-9,11-13,24-25H,3-7H2,1-2H3,(H2,19,21,22)/t9-,11-,12+,13+,17?/m1/s1. The molecule has 0 bridgehead atoms. The number of aliphatic hydroxyl groups is 2. The summed E-state index contributed by atoms with van der Waals surface area (Å²) in [5.41, 5.74) is 6.13. The van der Waals surface area contributed by atoms with Gasteiger partial charge in [0.05, 0.1) is 37.8 Å². The SMILES string of the molecule is CCOP(=O)(CCC12C[C@@H]1[C@@H](n1cnc3c(N)nc(Cl)nc31)[C@H](O)[C@@H]2O)OCC. The molecule has 2 saturated carbocycles. The van der Waals surface area contributed by atoms with Crippen molar-refractivity contribution in [3.8, 4) is 0 Å². The predicted molar refractivity (Wildman–Crippen MR) is 107 cm³/mol. The van der Waals surface area contributed by atoms with E-state index in [1.165, 1.54) is 6.33 Å². The number of nitrogen functional groups attached to an aromatic ring is 1. The van der Waals surface area contributed by atoms with Crippen LogP contribution in [-0.4, -0.2) is 61.3 Å². The van der Waals surface area contributed by atoms with Crippen molar-refractivity contribution in [2.75, 3.05) is 25.1 Å². The third-order valence-corrected chi connectivity index (χ3v) is 8.34. The summed E-state index contributed by atoms with van der Waals surface area (Å²) in [6.45, 7) is 4.09. The summed E-state index contributed by atoms with van der Waals surface area (Å²) in [7, 11) is -3.23.